The van der Waals surface area contributed by atoms with E-state index in [0.29, 0.717) is 5.39 Å². The fraction of sp³-hybridized carbons (Fsp3) is 0.0455. The van der Waals surface area contributed by atoms with E-state index < -0.39 is 0 Å². The Morgan fingerprint density at radius 1 is 1.11 bits per heavy atom. The largest absolute Gasteiger partial charge is 0.361 e. The Balaban J connectivity index is 1.65. The third-order valence-electron chi connectivity index (χ3n) is 4.78. The standard InChI is InChI=1S/C22H16N4OS/c1-14-19(15-7-3-2-4-8-15)20-21(28-14)24-13-26(22(20)27)25-12-16-11-23-18-10-6-5-9-17(16)18/h2-13,23H,1H3/b25-12+. The summed E-state index contributed by atoms with van der Waals surface area (Å²) < 4.78 is 1.31. The van der Waals surface area contributed by atoms with Gasteiger partial charge in [0.25, 0.3) is 5.56 Å². The topological polar surface area (TPSA) is 63.0 Å². The molecule has 1 N–H and O–H groups in total. The molecular weight excluding hydrogens is 368 g/mol. The number of aromatic amines is 1. The van der Waals surface area contributed by atoms with Crippen molar-refractivity contribution in [2.75, 3.05) is 0 Å². The Kier molecular flexibility index (Phi) is 3.91. The quantitative estimate of drug-likeness (QED) is 0.454. The van der Waals surface area contributed by atoms with Crippen LogP contribution in [0.15, 0.2) is 77.0 Å². The maximum absolute atomic E-state index is 13.2. The predicted molar refractivity (Wildman–Crippen MR) is 115 cm³/mol. The van der Waals surface area contributed by atoms with Crippen LogP contribution in [0, 0.1) is 6.92 Å². The minimum Gasteiger partial charge on any atom is -0.361 e. The van der Waals surface area contributed by atoms with Crippen LogP contribution < -0.4 is 5.56 Å². The second-order valence-corrected chi connectivity index (χ2v) is 7.71. The van der Waals surface area contributed by atoms with Gasteiger partial charge in [0.1, 0.15) is 11.2 Å². The average molecular weight is 384 g/mol. The molecule has 5 rings (SSSR count). The van der Waals surface area contributed by atoms with E-state index in [1.165, 1.54) is 22.3 Å². The molecule has 6 heteroatoms. The van der Waals surface area contributed by atoms with Gasteiger partial charge in [0.2, 0.25) is 0 Å². The summed E-state index contributed by atoms with van der Waals surface area (Å²) in [5, 5.41) is 6.07. The molecule has 2 aromatic carbocycles. The average Bonchev–Trinajstić information content (AvgIpc) is 3.29. The fourth-order valence-electron chi connectivity index (χ4n) is 3.45. The minimum atomic E-state index is -0.163. The number of fused-ring (bicyclic) bond motifs is 2. The third kappa shape index (κ3) is 2.66. The van der Waals surface area contributed by atoms with Crippen LogP contribution in [-0.2, 0) is 0 Å². The van der Waals surface area contributed by atoms with Gasteiger partial charge in [0.15, 0.2) is 0 Å². The van der Waals surface area contributed by atoms with E-state index in [4.69, 9.17) is 0 Å². The van der Waals surface area contributed by atoms with Gasteiger partial charge in [-0.1, -0.05) is 48.5 Å². The van der Waals surface area contributed by atoms with Crippen molar-refractivity contribution in [2.45, 2.75) is 6.92 Å². The van der Waals surface area contributed by atoms with Crippen LogP contribution in [0.2, 0.25) is 0 Å². The van der Waals surface area contributed by atoms with Crippen molar-refractivity contribution in [3.8, 4) is 11.1 Å². The highest BCUT2D eigenvalue weighted by atomic mass is 32.1. The zero-order chi connectivity index (χ0) is 19.1. The molecule has 0 aliphatic carbocycles. The maximum atomic E-state index is 13.2. The summed E-state index contributed by atoms with van der Waals surface area (Å²) in [5.41, 5.74) is 3.75. The lowest BCUT2D eigenvalue weighted by Gasteiger charge is -2.02. The highest BCUT2D eigenvalue weighted by molar-refractivity contribution is 7.19. The lowest BCUT2D eigenvalue weighted by Crippen LogP contribution is -2.16. The second kappa shape index (κ2) is 6.58. The first-order chi connectivity index (χ1) is 13.7. The van der Waals surface area contributed by atoms with Crippen molar-refractivity contribution >= 4 is 38.7 Å². The van der Waals surface area contributed by atoms with Gasteiger partial charge in [0, 0.05) is 33.1 Å². The number of aryl methyl sites for hydroxylation is 1. The molecule has 0 aliphatic heterocycles. The molecule has 0 fully saturated rings. The smallest absolute Gasteiger partial charge is 0.283 e. The number of hydrogen-bond acceptors (Lipinski definition) is 4. The molecule has 0 spiro atoms. The van der Waals surface area contributed by atoms with E-state index in [9.17, 15) is 4.79 Å². The first kappa shape index (κ1) is 16.6. The van der Waals surface area contributed by atoms with Gasteiger partial charge >= 0.3 is 0 Å². The van der Waals surface area contributed by atoms with Crippen LogP contribution in [0.4, 0.5) is 0 Å². The van der Waals surface area contributed by atoms with Crippen molar-refractivity contribution in [2.24, 2.45) is 5.10 Å². The molecule has 0 atom stereocenters. The van der Waals surface area contributed by atoms with E-state index >= 15 is 0 Å². The number of para-hydroxylation sites is 1. The van der Waals surface area contributed by atoms with Gasteiger partial charge in [-0.3, -0.25) is 4.79 Å². The van der Waals surface area contributed by atoms with E-state index in [-0.39, 0.29) is 5.56 Å². The molecule has 0 radical (unpaired) electrons. The Morgan fingerprint density at radius 2 is 1.89 bits per heavy atom. The molecule has 136 valence electrons. The van der Waals surface area contributed by atoms with Crippen LogP contribution in [0.3, 0.4) is 0 Å². The lowest BCUT2D eigenvalue weighted by atomic mass is 10.0. The zero-order valence-electron chi connectivity index (χ0n) is 15.1. The van der Waals surface area contributed by atoms with Crippen LogP contribution >= 0.6 is 11.3 Å². The van der Waals surface area contributed by atoms with Crippen LogP contribution in [0.5, 0.6) is 0 Å². The molecule has 3 aromatic heterocycles. The molecule has 0 bridgehead atoms. The SMILES string of the molecule is Cc1sc2ncn(/N=C/c3c[nH]c4ccccc34)c(=O)c2c1-c1ccccc1. The van der Waals surface area contributed by atoms with Crippen LogP contribution in [0.25, 0.3) is 32.2 Å². The molecule has 0 saturated heterocycles. The number of H-pyrrole nitrogens is 1. The van der Waals surface area contributed by atoms with E-state index in [1.807, 2.05) is 67.7 Å². The zero-order valence-corrected chi connectivity index (χ0v) is 15.9. The number of hydrogen-bond donors (Lipinski definition) is 1. The Bertz CT molecular complexity index is 1390. The number of nitrogens with one attached hydrogen (secondary N) is 1. The number of nitrogens with zero attached hydrogens (tertiary/aromatic N) is 3. The van der Waals surface area contributed by atoms with Crippen LogP contribution in [-0.4, -0.2) is 20.9 Å². The molecule has 28 heavy (non-hydrogen) atoms. The Labute approximate surface area is 164 Å². The molecule has 0 aliphatic rings. The molecule has 3 heterocycles. The van der Waals surface area contributed by atoms with Gasteiger partial charge in [-0.25, -0.2) is 4.98 Å². The molecule has 5 aromatic rings. The highest BCUT2D eigenvalue weighted by Gasteiger charge is 2.16. The normalized spacial score (nSPS) is 11.8. The van der Waals surface area contributed by atoms with Gasteiger partial charge in [-0.15, -0.1) is 11.3 Å². The van der Waals surface area contributed by atoms with Gasteiger partial charge in [-0.2, -0.15) is 9.78 Å². The number of rotatable bonds is 3. The summed E-state index contributed by atoms with van der Waals surface area (Å²) >= 11 is 1.53. The predicted octanol–water partition coefficient (Wildman–Crippen LogP) is 4.80. The third-order valence-corrected chi connectivity index (χ3v) is 5.79. The van der Waals surface area contributed by atoms with Gasteiger partial charge in [0.05, 0.1) is 11.6 Å². The Hall–Kier alpha value is -3.51. The monoisotopic (exact) mass is 384 g/mol. The summed E-state index contributed by atoms with van der Waals surface area (Å²) in [7, 11) is 0. The van der Waals surface area contributed by atoms with Crippen molar-refractivity contribution < 1.29 is 0 Å². The van der Waals surface area contributed by atoms with Gasteiger partial charge in [-0.05, 0) is 18.6 Å². The molecular formula is C22H16N4OS. The summed E-state index contributed by atoms with van der Waals surface area (Å²) in [4.78, 5) is 22.7. The molecule has 5 nitrogen and oxygen atoms in total. The number of thiophene rings is 1. The number of benzene rings is 2. The summed E-state index contributed by atoms with van der Waals surface area (Å²) in [5.74, 6) is 0. The first-order valence-corrected chi connectivity index (χ1v) is 9.70. The van der Waals surface area contributed by atoms with Crippen molar-refractivity contribution in [3.63, 3.8) is 0 Å². The minimum absolute atomic E-state index is 0.163. The first-order valence-electron chi connectivity index (χ1n) is 8.89. The van der Waals surface area contributed by atoms with Crippen LogP contribution in [0.1, 0.15) is 10.4 Å². The molecule has 0 amide bonds. The summed E-state index contributed by atoms with van der Waals surface area (Å²) in [6.45, 7) is 2.02. The maximum Gasteiger partial charge on any atom is 0.283 e. The van der Waals surface area contributed by atoms with E-state index in [0.717, 1.165) is 37.3 Å². The summed E-state index contributed by atoms with van der Waals surface area (Å²) in [6.07, 6.45) is 5.06. The van der Waals surface area contributed by atoms with E-state index in [1.54, 1.807) is 6.21 Å². The Morgan fingerprint density at radius 3 is 2.75 bits per heavy atom. The molecule has 0 unspecified atom stereocenters. The lowest BCUT2D eigenvalue weighted by molar-refractivity contribution is 0.819. The van der Waals surface area contributed by atoms with Crippen molar-refractivity contribution in [1.29, 1.82) is 0 Å². The fourth-order valence-corrected chi connectivity index (χ4v) is 4.46. The van der Waals surface area contributed by atoms with E-state index in [2.05, 4.69) is 15.1 Å². The van der Waals surface area contributed by atoms with Gasteiger partial charge < -0.3 is 4.98 Å². The second-order valence-electron chi connectivity index (χ2n) is 6.51. The van der Waals surface area contributed by atoms with Crippen molar-refractivity contribution in [1.82, 2.24) is 14.6 Å². The van der Waals surface area contributed by atoms with Crippen molar-refractivity contribution in [3.05, 3.63) is 87.9 Å². The molecule has 0 saturated carbocycles. The highest BCUT2D eigenvalue weighted by Crippen LogP contribution is 2.35. The summed E-state index contributed by atoms with van der Waals surface area (Å²) in [6, 6.07) is 17.9. The number of aromatic nitrogens is 3.